The van der Waals surface area contributed by atoms with E-state index < -0.39 is 11.7 Å². The number of aromatic nitrogens is 2. The highest BCUT2D eigenvalue weighted by atomic mass is 19.4. The molecule has 1 saturated carbocycles. The molecule has 0 bridgehead atoms. The molecular formula is C15H15F3N2O. The van der Waals surface area contributed by atoms with Crippen molar-refractivity contribution in [1.82, 2.24) is 9.13 Å². The lowest BCUT2D eigenvalue weighted by atomic mass is 10.1. The average Bonchev–Trinajstić information content (AvgIpc) is 3.18. The van der Waals surface area contributed by atoms with Gasteiger partial charge in [0.2, 0.25) is 0 Å². The van der Waals surface area contributed by atoms with Crippen molar-refractivity contribution < 1.29 is 13.2 Å². The molecule has 3 nitrogen and oxygen atoms in total. The van der Waals surface area contributed by atoms with E-state index in [9.17, 15) is 18.0 Å². The minimum absolute atomic E-state index is 0.0604. The normalized spacial score (nSPS) is 15.4. The van der Waals surface area contributed by atoms with Gasteiger partial charge in [-0.2, -0.15) is 13.2 Å². The van der Waals surface area contributed by atoms with Crippen LogP contribution in [0.3, 0.4) is 0 Å². The van der Waals surface area contributed by atoms with Crippen molar-refractivity contribution in [2.75, 3.05) is 0 Å². The topological polar surface area (TPSA) is 26.9 Å². The maximum Gasteiger partial charge on any atom is 0.416 e. The van der Waals surface area contributed by atoms with Crippen molar-refractivity contribution in [1.29, 1.82) is 0 Å². The number of alkyl halides is 3. The van der Waals surface area contributed by atoms with E-state index in [1.807, 2.05) is 6.92 Å². The molecule has 2 aromatic rings. The molecule has 0 aliphatic heterocycles. The molecule has 0 unspecified atom stereocenters. The third kappa shape index (κ3) is 2.62. The Hall–Kier alpha value is -1.98. The molecule has 0 spiro atoms. The summed E-state index contributed by atoms with van der Waals surface area (Å²) >= 11 is 0. The lowest BCUT2D eigenvalue weighted by Crippen LogP contribution is -2.25. The number of halogens is 3. The van der Waals surface area contributed by atoms with Crippen LogP contribution in [0.2, 0.25) is 0 Å². The van der Waals surface area contributed by atoms with Crippen LogP contribution < -0.4 is 5.69 Å². The molecule has 0 atom stereocenters. The number of hydrogen-bond acceptors (Lipinski definition) is 1. The summed E-state index contributed by atoms with van der Waals surface area (Å²) < 4.78 is 42.0. The first-order valence-corrected chi connectivity index (χ1v) is 6.81. The fraction of sp³-hybridized carbons (Fsp3) is 0.400. The monoisotopic (exact) mass is 296 g/mol. The average molecular weight is 296 g/mol. The van der Waals surface area contributed by atoms with Gasteiger partial charge in [-0.05, 0) is 31.4 Å². The molecule has 112 valence electrons. The Kier molecular flexibility index (Phi) is 3.19. The summed E-state index contributed by atoms with van der Waals surface area (Å²) in [5.41, 5.74) is -0.00672. The van der Waals surface area contributed by atoms with E-state index in [0.29, 0.717) is 0 Å². The van der Waals surface area contributed by atoms with Crippen molar-refractivity contribution in [2.45, 2.75) is 38.5 Å². The van der Waals surface area contributed by atoms with Gasteiger partial charge in [0.05, 0.1) is 12.1 Å². The zero-order chi connectivity index (χ0) is 15.2. The van der Waals surface area contributed by atoms with Crippen LogP contribution in [0.4, 0.5) is 13.2 Å². The predicted molar refractivity (Wildman–Crippen MR) is 72.2 cm³/mol. The molecule has 1 aliphatic rings. The first-order chi connectivity index (χ1) is 9.88. The molecule has 1 heterocycles. The molecule has 1 aromatic heterocycles. The lowest BCUT2D eigenvalue weighted by Gasteiger charge is -2.12. The molecular weight excluding hydrogens is 281 g/mol. The summed E-state index contributed by atoms with van der Waals surface area (Å²) in [6.07, 6.45) is -0.851. The number of aryl methyl sites for hydroxylation is 1. The Balaban J connectivity index is 1.98. The van der Waals surface area contributed by atoms with Crippen LogP contribution in [0.15, 0.2) is 35.3 Å². The van der Waals surface area contributed by atoms with E-state index in [2.05, 4.69) is 0 Å². The van der Waals surface area contributed by atoms with Crippen LogP contribution in [0.5, 0.6) is 0 Å². The Bertz CT molecular complexity index is 723. The standard InChI is InChI=1S/C15H15F3N2O/c1-10-8-19(14(21)20(10)12-6-7-12)9-11-4-2-3-5-13(11)15(16,17)18/h2-5,8,12H,6-7,9H2,1H3. The van der Waals surface area contributed by atoms with Gasteiger partial charge in [0.15, 0.2) is 0 Å². The zero-order valence-electron chi connectivity index (χ0n) is 11.5. The SMILES string of the molecule is Cc1cn(Cc2ccccc2C(F)(F)F)c(=O)n1C1CC1. The van der Waals surface area contributed by atoms with E-state index in [0.717, 1.165) is 24.6 Å². The lowest BCUT2D eigenvalue weighted by molar-refractivity contribution is -0.138. The Morgan fingerprint density at radius 3 is 2.52 bits per heavy atom. The fourth-order valence-electron chi connectivity index (χ4n) is 2.64. The summed E-state index contributed by atoms with van der Waals surface area (Å²) in [5.74, 6) is 0. The maximum absolute atomic E-state index is 13.0. The number of rotatable bonds is 3. The summed E-state index contributed by atoms with van der Waals surface area (Å²) in [4.78, 5) is 12.3. The second kappa shape index (κ2) is 4.79. The van der Waals surface area contributed by atoms with Crippen LogP contribution in [0.1, 0.15) is 35.7 Å². The molecule has 1 aromatic carbocycles. The second-order valence-electron chi connectivity index (χ2n) is 5.44. The van der Waals surface area contributed by atoms with Crippen molar-refractivity contribution in [2.24, 2.45) is 0 Å². The smallest absolute Gasteiger partial charge is 0.295 e. The summed E-state index contributed by atoms with van der Waals surface area (Å²) in [5, 5.41) is 0. The summed E-state index contributed by atoms with van der Waals surface area (Å²) in [6, 6.07) is 5.59. The number of benzene rings is 1. The van der Waals surface area contributed by atoms with E-state index in [1.165, 1.54) is 16.7 Å². The van der Waals surface area contributed by atoms with Crippen molar-refractivity contribution in [3.63, 3.8) is 0 Å². The van der Waals surface area contributed by atoms with Gasteiger partial charge in [0.25, 0.3) is 0 Å². The van der Waals surface area contributed by atoms with Gasteiger partial charge >= 0.3 is 11.9 Å². The number of nitrogens with zero attached hydrogens (tertiary/aromatic N) is 2. The van der Waals surface area contributed by atoms with Crippen LogP contribution >= 0.6 is 0 Å². The molecule has 21 heavy (non-hydrogen) atoms. The molecule has 0 saturated heterocycles. The summed E-state index contributed by atoms with van der Waals surface area (Å²) in [7, 11) is 0. The van der Waals surface area contributed by atoms with Gasteiger partial charge in [-0.3, -0.25) is 9.13 Å². The van der Waals surface area contributed by atoms with Gasteiger partial charge in [0, 0.05) is 17.9 Å². The molecule has 0 amide bonds. The van der Waals surface area contributed by atoms with Crippen molar-refractivity contribution in [3.8, 4) is 0 Å². The molecule has 1 aliphatic carbocycles. The van der Waals surface area contributed by atoms with Gasteiger partial charge in [-0.15, -0.1) is 0 Å². The maximum atomic E-state index is 13.0. The second-order valence-corrected chi connectivity index (χ2v) is 5.44. The molecule has 0 radical (unpaired) electrons. The Morgan fingerprint density at radius 1 is 1.24 bits per heavy atom. The van der Waals surface area contributed by atoms with E-state index in [-0.39, 0.29) is 23.8 Å². The third-order valence-electron chi connectivity index (χ3n) is 3.75. The minimum atomic E-state index is -4.41. The van der Waals surface area contributed by atoms with Gasteiger partial charge in [-0.25, -0.2) is 4.79 Å². The Morgan fingerprint density at radius 2 is 1.90 bits per heavy atom. The third-order valence-corrected chi connectivity index (χ3v) is 3.75. The largest absolute Gasteiger partial charge is 0.416 e. The van der Waals surface area contributed by atoms with Gasteiger partial charge in [0.1, 0.15) is 0 Å². The zero-order valence-corrected chi connectivity index (χ0v) is 11.5. The highest BCUT2D eigenvalue weighted by molar-refractivity contribution is 5.30. The summed E-state index contributed by atoms with van der Waals surface area (Å²) in [6.45, 7) is 1.75. The predicted octanol–water partition coefficient (Wildman–Crippen LogP) is 3.36. The first kappa shape index (κ1) is 14.0. The highest BCUT2D eigenvalue weighted by Gasteiger charge is 2.33. The number of imidazole rings is 1. The van der Waals surface area contributed by atoms with Crippen LogP contribution in [0, 0.1) is 6.92 Å². The Labute approximate surface area is 119 Å². The number of hydrogen-bond donors (Lipinski definition) is 0. The van der Waals surface area contributed by atoms with E-state index in [1.54, 1.807) is 16.8 Å². The van der Waals surface area contributed by atoms with E-state index in [4.69, 9.17) is 0 Å². The minimum Gasteiger partial charge on any atom is -0.295 e. The van der Waals surface area contributed by atoms with E-state index >= 15 is 0 Å². The van der Waals surface area contributed by atoms with Crippen LogP contribution in [0.25, 0.3) is 0 Å². The van der Waals surface area contributed by atoms with Crippen molar-refractivity contribution in [3.05, 3.63) is 57.8 Å². The molecule has 3 rings (SSSR count). The van der Waals surface area contributed by atoms with Crippen LogP contribution in [-0.2, 0) is 12.7 Å². The molecule has 0 N–H and O–H groups in total. The van der Waals surface area contributed by atoms with Crippen LogP contribution in [-0.4, -0.2) is 9.13 Å². The van der Waals surface area contributed by atoms with Gasteiger partial charge in [-0.1, -0.05) is 18.2 Å². The molecule has 6 heteroatoms. The quantitative estimate of drug-likeness (QED) is 0.853. The first-order valence-electron chi connectivity index (χ1n) is 6.81. The fourth-order valence-corrected chi connectivity index (χ4v) is 2.64. The highest BCUT2D eigenvalue weighted by Crippen LogP contribution is 2.35. The van der Waals surface area contributed by atoms with Gasteiger partial charge < -0.3 is 0 Å². The molecule has 1 fully saturated rings. The van der Waals surface area contributed by atoms with Crippen molar-refractivity contribution >= 4 is 0 Å².